The molecule has 1 N–H and O–H groups in total. The third-order valence-corrected chi connectivity index (χ3v) is 5.28. The summed E-state index contributed by atoms with van der Waals surface area (Å²) in [5.74, 6) is 0.513. The Hall–Kier alpha value is -3.09. The van der Waals surface area contributed by atoms with E-state index in [1.807, 2.05) is 0 Å². The Morgan fingerprint density at radius 3 is 2.48 bits per heavy atom. The molecular weight excluding hydrogens is 367 g/mol. The lowest BCUT2D eigenvalue weighted by atomic mass is 9.95. The van der Waals surface area contributed by atoms with Crippen molar-refractivity contribution in [1.82, 2.24) is 20.4 Å². The molecule has 0 aliphatic carbocycles. The summed E-state index contributed by atoms with van der Waals surface area (Å²) in [6.07, 6.45) is 0. The van der Waals surface area contributed by atoms with Gasteiger partial charge in [-0.15, -0.1) is 10.2 Å². The lowest BCUT2D eigenvalue weighted by molar-refractivity contribution is 0.251. The second kappa shape index (κ2) is 7.73. The van der Waals surface area contributed by atoms with E-state index in [4.69, 9.17) is 4.42 Å². The Labute approximate surface area is 168 Å². The topological polar surface area (TPSA) is 54.2 Å². The van der Waals surface area contributed by atoms with E-state index in [1.165, 1.54) is 34.0 Å². The van der Waals surface area contributed by atoms with Gasteiger partial charge in [0.25, 0.3) is 0 Å². The highest BCUT2D eigenvalue weighted by molar-refractivity contribution is 5.89. The molecule has 2 heterocycles. The van der Waals surface area contributed by atoms with E-state index in [-0.39, 0.29) is 5.82 Å². The molecule has 6 heteroatoms. The van der Waals surface area contributed by atoms with Crippen molar-refractivity contribution in [2.75, 3.05) is 13.1 Å². The lowest BCUT2D eigenvalue weighted by Gasteiger charge is -2.29. The highest BCUT2D eigenvalue weighted by Crippen LogP contribution is 2.29. The number of halogens is 1. The van der Waals surface area contributed by atoms with E-state index >= 15 is 0 Å². The Balaban J connectivity index is 1.16. The normalized spacial score (nSPS) is 13.8. The second-order valence-electron chi connectivity index (χ2n) is 7.33. The summed E-state index contributed by atoms with van der Waals surface area (Å²) in [6.45, 7) is 4.15. The molecule has 4 aromatic rings. The van der Waals surface area contributed by atoms with Gasteiger partial charge in [-0.25, -0.2) is 4.39 Å². The van der Waals surface area contributed by atoms with Gasteiger partial charge in [-0.3, -0.25) is 4.90 Å². The predicted octanol–water partition coefficient (Wildman–Crippen LogP) is 4.13. The van der Waals surface area contributed by atoms with Crippen LogP contribution in [0.2, 0.25) is 0 Å². The van der Waals surface area contributed by atoms with Crippen LogP contribution in [0.25, 0.3) is 22.2 Å². The van der Waals surface area contributed by atoms with Crippen LogP contribution in [0, 0.1) is 5.82 Å². The van der Waals surface area contributed by atoms with Crippen LogP contribution >= 0.6 is 0 Å². The SMILES string of the molecule is Fc1cccc(-c2nnc(CNCCN3Cc4cccc5cccc(c45)C3)o2)c1. The fraction of sp³-hybridized carbons (Fsp3) is 0.217. The standard InChI is InChI=1S/C23H21FN4O/c24-20-9-3-6-17(12-20)23-27-26-21(29-23)13-25-10-11-28-14-18-7-1-4-16-5-2-8-19(15-28)22(16)18/h1-9,12,25H,10-11,13-15H2. The van der Waals surface area contributed by atoms with Crippen LogP contribution in [-0.4, -0.2) is 28.2 Å². The molecule has 146 valence electrons. The Morgan fingerprint density at radius 1 is 0.966 bits per heavy atom. The molecule has 0 spiro atoms. The quantitative estimate of drug-likeness (QED) is 0.503. The minimum atomic E-state index is -0.320. The van der Waals surface area contributed by atoms with Crippen LogP contribution in [-0.2, 0) is 19.6 Å². The van der Waals surface area contributed by atoms with Crippen molar-refractivity contribution in [3.63, 3.8) is 0 Å². The van der Waals surface area contributed by atoms with Crippen molar-refractivity contribution in [3.05, 3.63) is 83.5 Å². The first-order valence-corrected chi connectivity index (χ1v) is 9.77. The first-order valence-electron chi connectivity index (χ1n) is 9.77. The molecular formula is C23H21FN4O. The van der Waals surface area contributed by atoms with Crippen LogP contribution in [0.15, 0.2) is 65.1 Å². The highest BCUT2D eigenvalue weighted by Gasteiger charge is 2.17. The molecule has 1 aromatic heterocycles. The summed E-state index contributed by atoms with van der Waals surface area (Å²) in [4.78, 5) is 2.44. The van der Waals surface area contributed by atoms with Crippen LogP contribution in [0.5, 0.6) is 0 Å². The van der Waals surface area contributed by atoms with Crippen molar-refractivity contribution in [2.24, 2.45) is 0 Å². The third-order valence-electron chi connectivity index (χ3n) is 5.28. The van der Waals surface area contributed by atoms with Gasteiger partial charge in [-0.1, -0.05) is 42.5 Å². The second-order valence-corrected chi connectivity index (χ2v) is 7.33. The molecule has 1 aliphatic rings. The smallest absolute Gasteiger partial charge is 0.247 e. The summed E-state index contributed by atoms with van der Waals surface area (Å²) < 4.78 is 19.0. The fourth-order valence-corrected chi connectivity index (χ4v) is 3.96. The van der Waals surface area contributed by atoms with E-state index < -0.39 is 0 Å². The van der Waals surface area contributed by atoms with Gasteiger partial charge >= 0.3 is 0 Å². The van der Waals surface area contributed by atoms with Crippen molar-refractivity contribution in [3.8, 4) is 11.5 Å². The predicted molar refractivity (Wildman–Crippen MR) is 109 cm³/mol. The maximum absolute atomic E-state index is 13.3. The summed E-state index contributed by atoms with van der Waals surface area (Å²) in [5.41, 5.74) is 3.37. The number of nitrogens with zero attached hydrogens (tertiary/aromatic N) is 3. The van der Waals surface area contributed by atoms with E-state index in [9.17, 15) is 4.39 Å². The number of aromatic nitrogens is 2. The number of benzene rings is 3. The molecule has 0 radical (unpaired) electrons. The van der Waals surface area contributed by atoms with Crippen LogP contribution < -0.4 is 5.32 Å². The summed E-state index contributed by atoms with van der Waals surface area (Å²) >= 11 is 0. The van der Waals surface area contributed by atoms with Crippen LogP contribution in [0.1, 0.15) is 17.0 Å². The first-order chi connectivity index (χ1) is 14.3. The Bertz CT molecular complexity index is 1120. The monoisotopic (exact) mass is 388 g/mol. The van der Waals surface area contributed by atoms with E-state index in [1.54, 1.807) is 12.1 Å². The molecule has 0 bridgehead atoms. The zero-order valence-corrected chi connectivity index (χ0v) is 15.9. The van der Waals surface area contributed by atoms with Crippen molar-refractivity contribution in [2.45, 2.75) is 19.6 Å². The van der Waals surface area contributed by atoms with E-state index in [0.29, 0.717) is 23.9 Å². The molecule has 5 rings (SSSR count). The number of rotatable bonds is 6. The molecule has 0 unspecified atom stereocenters. The average molecular weight is 388 g/mol. The summed E-state index contributed by atoms with van der Waals surface area (Å²) in [7, 11) is 0. The van der Waals surface area contributed by atoms with Gasteiger partial charge in [-0.2, -0.15) is 0 Å². The van der Waals surface area contributed by atoms with Crippen molar-refractivity contribution >= 4 is 10.8 Å². The number of hydrogen-bond donors (Lipinski definition) is 1. The maximum atomic E-state index is 13.3. The van der Waals surface area contributed by atoms with Gasteiger partial charge in [0.1, 0.15) is 5.82 Å². The van der Waals surface area contributed by atoms with Gasteiger partial charge in [0.2, 0.25) is 11.8 Å². The Kier molecular flexibility index (Phi) is 4.79. The third kappa shape index (κ3) is 3.77. The zero-order chi connectivity index (χ0) is 19.6. The number of hydrogen-bond acceptors (Lipinski definition) is 5. The van der Waals surface area contributed by atoms with E-state index in [0.717, 1.165) is 26.2 Å². The van der Waals surface area contributed by atoms with E-state index in [2.05, 4.69) is 56.8 Å². The molecule has 3 aromatic carbocycles. The van der Waals surface area contributed by atoms with Gasteiger partial charge in [0.05, 0.1) is 6.54 Å². The maximum Gasteiger partial charge on any atom is 0.247 e. The molecule has 29 heavy (non-hydrogen) atoms. The lowest BCUT2D eigenvalue weighted by Crippen LogP contribution is -2.33. The summed E-state index contributed by atoms with van der Waals surface area (Å²) in [6, 6.07) is 19.2. The van der Waals surface area contributed by atoms with Crippen LogP contribution in [0.3, 0.4) is 0 Å². The highest BCUT2D eigenvalue weighted by atomic mass is 19.1. The minimum Gasteiger partial charge on any atom is -0.419 e. The fourth-order valence-electron chi connectivity index (χ4n) is 3.96. The van der Waals surface area contributed by atoms with Crippen LogP contribution in [0.4, 0.5) is 4.39 Å². The van der Waals surface area contributed by atoms with Crippen molar-refractivity contribution in [1.29, 1.82) is 0 Å². The molecule has 5 nitrogen and oxygen atoms in total. The van der Waals surface area contributed by atoms with Gasteiger partial charge < -0.3 is 9.73 Å². The minimum absolute atomic E-state index is 0.320. The van der Waals surface area contributed by atoms with Crippen molar-refractivity contribution < 1.29 is 8.81 Å². The van der Waals surface area contributed by atoms with Gasteiger partial charge in [0, 0.05) is 31.7 Å². The molecule has 0 amide bonds. The zero-order valence-electron chi connectivity index (χ0n) is 15.9. The summed E-state index contributed by atoms with van der Waals surface area (Å²) in [5, 5.41) is 14.2. The average Bonchev–Trinajstić information content (AvgIpc) is 3.21. The van der Waals surface area contributed by atoms with Gasteiger partial charge in [0.15, 0.2) is 0 Å². The largest absolute Gasteiger partial charge is 0.419 e. The Morgan fingerprint density at radius 2 is 1.72 bits per heavy atom. The molecule has 1 aliphatic heterocycles. The molecule has 0 saturated heterocycles. The first kappa shape index (κ1) is 18.0. The molecule has 0 atom stereocenters. The molecule has 0 saturated carbocycles. The number of nitrogens with one attached hydrogen (secondary N) is 1. The van der Waals surface area contributed by atoms with Gasteiger partial charge in [-0.05, 0) is 40.1 Å². The molecule has 0 fully saturated rings.